The van der Waals surface area contributed by atoms with E-state index in [4.69, 9.17) is 19.9 Å². The Hall–Kier alpha value is -5.73. The van der Waals surface area contributed by atoms with Crippen molar-refractivity contribution in [2.75, 3.05) is 27.3 Å². The Labute approximate surface area is 346 Å². The van der Waals surface area contributed by atoms with E-state index < -0.39 is 17.6 Å². The first-order valence-corrected chi connectivity index (χ1v) is 20.3. The zero-order valence-electron chi connectivity index (χ0n) is 35.4. The van der Waals surface area contributed by atoms with E-state index in [0.717, 1.165) is 42.7 Å². The number of nitrogens with one attached hydrogen (secondary N) is 1. The fraction of sp³-hybridized carbons (Fsp3) is 0.444. The summed E-state index contributed by atoms with van der Waals surface area (Å²) in [6.45, 7) is 13.4. The van der Waals surface area contributed by atoms with Gasteiger partial charge >= 0.3 is 5.97 Å². The number of carbonyl (C=O) groups excluding carboxylic acids is 3. The average Bonchev–Trinajstić information content (AvgIpc) is 3.81. The molecular weight excluding hydrogens is 749 g/mol. The molecule has 3 heterocycles. The molecule has 5 aromatic rings. The van der Waals surface area contributed by atoms with E-state index >= 15 is 0 Å². The third-order valence-corrected chi connectivity index (χ3v) is 11.2. The van der Waals surface area contributed by atoms with E-state index in [1.807, 2.05) is 43.3 Å². The van der Waals surface area contributed by atoms with Crippen LogP contribution in [0.5, 0.6) is 11.5 Å². The Morgan fingerprint density at radius 2 is 1.76 bits per heavy atom. The van der Waals surface area contributed by atoms with Crippen molar-refractivity contribution in [3.8, 4) is 11.5 Å². The van der Waals surface area contributed by atoms with E-state index in [9.17, 15) is 14.4 Å². The number of benzene rings is 3. The van der Waals surface area contributed by atoms with Crippen LogP contribution in [0.25, 0.3) is 10.9 Å². The van der Waals surface area contributed by atoms with E-state index in [1.165, 1.54) is 27.1 Å². The minimum absolute atomic E-state index is 0.0156. The summed E-state index contributed by atoms with van der Waals surface area (Å²) in [5.41, 5.74) is 12.4. The Bertz CT molecular complexity index is 2250. The smallest absolute Gasteiger partial charge is 0.307 e. The van der Waals surface area contributed by atoms with Crippen molar-refractivity contribution in [2.45, 2.75) is 104 Å². The molecule has 314 valence electrons. The predicted octanol–water partition coefficient (Wildman–Crippen LogP) is 4.95. The molecule has 0 fully saturated rings. The van der Waals surface area contributed by atoms with Crippen LogP contribution < -0.4 is 20.5 Å². The van der Waals surface area contributed by atoms with Crippen molar-refractivity contribution in [3.05, 3.63) is 107 Å². The van der Waals surface area contributed by atoms with Crippen molar-refractivity contribution < 1.29 is 28.6 Å². The van der Waals surface area contributed by atoms with E-state index in [-0.39, 0.29) is 37.4 Å². The standard InChI is InChI=1S/C45H58N8O6/c1-8-50-20-18-39-36(28-50)35-22-30(2)14-16-38(35)52(39)21-19-42(54)59-29-34-27-51(49-48-34)25-31(3)47-44(56)45(4,5)53(26-33-15-17-40(57-6)41(24-33)58-7)43(55)37(46)23-32-12-10-9-11-13-32/h9-17,22,24,27,31,37H,8,18-21,23,25-26,28-29,46H2,1-7H3,(H,47,56)/t31-,37+/m1/s1. The second kappa shape index (κ2) is 18.9. The molecule has 59 heavy (non-hydrogen) atoms. The average molecular weight is 807 g/mol. The third kappa shape index (κ3) is 10.1. The van der Waals surface area contributed by atoms with Crippen molar-refractivity contribution in [2.24, 2.45) is 5.73 Å². The molecule has 0 spiro atoms. The van der Waals surface area contributed by atoms with Gasteiger partial charge in [-0.05, 0) is 81.6 Å². The first-order chi connectivity index (χ1) is 28.3. The molecule has 14 heteroatoms. The highest BCUT2D eigenvalue weighted by atomic mass is 16.5. The summed E-state index contributed by atoms with van der Waals surface area (Å²) in [5.74, 6) is 0.00725. The second-order valence-corrected chi connectivity index (χ2v) is 15.9. The van der Waals surface area contributed by atoms with Crippen LogP contribution in [0.4, 0.5) is 0 Å². The second-order valence-electron chi connectivity index (χ2n) is 15.9. The molecule has 2 atom stereocenters. The monoisotopic (exact) mass is 806 g/mol. The summed E-state index contributed by atoms with van der Waals surface area (Å²) in [7, 11) is 3.10. The van der Waals surface area contributed by atoms with Crippen LogP contribution in [-0.2, 0) is 64.7 Å². The lowest BCUT2D eigenvalue weighted by atomic mass is 9.96. The molecular formula is C45H58N8O6. The largest absolute Gasteiger partial charge is 0.493 e. The van der Waals surface area contributed by atoms with Crippen LogP contribution in [0.3, 0.4) is 0 Å². The van der Waals surface area contributed by atoms with Gasteiger partial charge < -0.3 is 34.7 Å². The zero-order valence-corrected chi connectivity index (χ0v) is 35.4. The first-order valence-electron chi connectivity index (χ1n) is 20.3. The molecule has 1 aliphatic heterocycles. The first kappa shape index (κ1) is 42.9. The maximum absolute atomic E-state index is 14.1. The Balaban J connectivity index is 1.06. The molecule has 2 aromatic heterocycles. The van der Waals surface area contributed by atoms with Crippen LogP contribution >= 0.6 is 0 Å². The van der Waals surface area contributed by atoms with Crippen LogP contribution in [0.15, 0.2) is 72.9 Å². The maximum atomic E-state index is 14.1. The quantitative estimate of drug-likeness (QED) is 0.116. The molecule has 0 aliphatic carbocycles. The van der Waals surface area contributed by atoms with Gasteiger partial charge in [-0.15, -0.1) is 5.10 Å². The molecule has 6 rings (SSSR count). The van der Waals surface area contributed by atoms with Gasteiger partial charge in [0.25, 0.3) is 0 Å². The summed E-state index contributed by atoms with van der Waals surface area (Å²) in [4.78, 5) is 45.1. The highest BCUT2D eigenvalue weighted by molar-refractivity contribution is 5.92. The number of hydrogen-bond donors (Lipinski definition) is 2. The van der Waals surface area contributed by atoms with Crippen molar-refractivity contribution >= 4 is 28.7 Å². The van der Waals surface area contributed by atoms with E-state index in [1.54, 1.807) is 51.1 Å². The summed E-state index contributed by atoms with van der Waals surface area (Å²) in [6, 6.07) is 20.2. The fourth-order valence-electron chi connectivity index (χ4n) is 7.79. The molecule has 3 N–H and O–H groups in total. The number of hydrogen-bond acceptors (Lipinski definition) is 10. The van der Waals surface area contributed by atoms with Gasteiger partial charge in [-0.2, -0.15) is 0 Å². The van der Waals surface area contributed by atoms with Crippen molar-refractivity contribution in [1.82, 2.24) is 34.7 Å². The predicted molar refractivity (Wildman–Crippen MR) is 226 cm³/mol. The fourth-order valence-corrected chi connectivity index (χ4v) is 7.79. The van der Waals surface area contributed by atoms with Crippen molar-refractivity contribution in [3.63, 3.8) is 0 Å². The Morgan fingerprint density at radius 1 is 1.00 bits per heavy atom. The maximum Gasteiger partial charge on any atom is 0.307 e. The molecule has 0 unspecified atom stereocenters. The number of esters is 1. The van der Waals surface area contributed by atoms with Gasteiger partial charge in [0.05, 0.1) is 39.4 Å². The number of amides is 2. The molecule has 2 amide bonds. The topological polar surface area (TPSA) is 159 Å². The number of ether oxygens (including phenoxy) is 3. The molecule has 0 saturated carbocycles. The van der Waals surface area contributed by atoms with Gasteiger partial charge in [0, 0.05) is 55.2 Å². The molecule has 0 bridgehead atoms. The minimum Gasteiger partial charge on any atom is -0.493 e. The lowest BCUT2D eigenvalue weighted by molar-refractivity contribution is -0.148. The lowest BCUT2D eigenvalue weighted by Gasteiger charge is -2.39. The molecule has 3 aromatic carbocycles. The van der Waals surface area contributed by atoms with Crippen molar-refractivity contribution in [1.29, 1.82) is 0 Å². The lowest BCUT2D eigenvalue weighted by Crippen LogP contribution is -2.61. The number of likely N-dealkylation sites (N-methyl/N-ethyl adjacent to an activating group) is 1. The summed E-state index contributed by atoms with van der Waals surface area (Å²) in [6.07, 6.45) is 3.19. The number of rotatable bonds is 18. The minimum atomic E-state index is -1.31. The summed E-state index contributed by atoms with van der Waals surface area (Å²) in [5, 5.41) is 12.7. The van der Waals surface area contributed by atoms with E-state index in [0.29, 0.717) is 36.7 Å². The number of carbonyl (C=O) groups is 3. The highest BCUT2D eigenvalue weighted by Crippen LogP contribution is 2.33. The Morgan fingerprint density at radius 3 is 2.49 bits per heavy atom. The zero-order chi connectivity index (χ0) is 42.3. The van der Waals surface area contributed by atoms with Crippen LogP contribution in [0.2, 0.25) is 0 Å². The Kier molecular flexibility index (Phi) is 13.7. The third-order valence-electron chi connectivity index (χ3n) is 11.2. The number of aromatic nitrogens is 4. The normalized spacial score (nSPS) is 14.0. The molecule has 0 radical (unpaired) electrons. The number of aryl methyl sites for hydroxylation is 2. The van der Waals surface area contributed by atoms with Crippen LogP contribution in [0, 0.1) is 6.92 Å². The summed E-state index contributed by atoms with van der Waals surface area (Å²) < 4.78 is 20.4. The SMILES string of the molecule is CCN1CCc2c(c3cc(C)ccc3n2CCC(=O)OCc2cn(C[C@@H](C)NC(=O)C(C)(C)N(Cc3ccc(OC)c(OC)c3)C(=O)[C@@H](N)Cc3ccccc3)nn2)C1. The number of nitrogens with zero attached hydrogens (tertiary/aromatic N) is 6. The van der Waals surface area contributed by atoms with Gasteiger partial charge in [0.2, 0.25) is 11.8 Å². The highest BCUT2D eigenvalue weighted by Gasteiger charge is 2.40. The van der Waals surface area contributed by atoms with Crippen LogP contribution in [0.1, 0.15) is 67.8 Å². The van der Waals surface area contributed by atoms with Gasteiger partial charge in [0.15, 0.2) is 11.5 Å². The van der Waals surface area contributed by atoms with Gasteiger partial charge in [0.1, 0.15) is 17.8 Å². The molecule has 0 saturated heterocycles. The van der Waals surface area contributed by atoms with Crippen LogP contribution in [-0.4, -0.2) is 92.1 Å². The molecule has 1 aliphatic rings. The number of fused-ring (bicyclic) bond motifs is 3. The van der Waals surface area contributed by atoms with Gasteiger partial charge in [-0.1, -0.05) is 60.2 Å². The number of nitrogens with two attached hydrogens (primary N) is 1. The van der Waals surface area contributed by atoms with E-state index in [2.05, 4.69) is 57.1 Å². The number of methoxy groups -OCH3 is 2. The molecule has 14 nitrogen and oxygen atoms in total. The van der Waals surface area contributed by atoms with Gasteiger partial charge in [-0.25, -0.2) is 0 Å². The van der Waals surface area contributed by atoms with Gasteiger partial charge in [-0.3, -0.25) is 24.0 Å². The summed E-state index contributed by atoms with van der Waals surface area (Å²) >= 11 is 0.